The second-order valence-electron chi connectivity index (χ2n) is 5.65. The van der Waals surface area contributed by atoms with Gasteiger partial charge in [-0.05, 0) is 50.5 Å². The number of halogens is 1. The van der Waals surface area contributed by atoms with Gasteiger partial charge in [-0.1, -0.05) is 23.3 Å². The number of hydrogen-bond donors (Lipinski definition) is 0. The molecule has 1 aliphatic heterocycles. The number of benzene rings is 1. The van der Waals surface area contributed by atoms with E-state index in [0.29, 0.717) is 23.6 Å². The average Bonchev–Trinajstić information content (AvgIpc) is 2.63. The maximum Gasteiger partial charge on any atom is 0.238 e. The molecule has 1 fully saturated rings. The minimum atomic E-state index is -0.193. The summed E-state index contributed by atoms with van der Waals surface area (Å²) in [6.45, 7) is 3.89. The van der Waals surface area contributed by atoms with Crippen molar-refractivity contribution in [2.45, 2.75) is 26.7 Å². The summed E-state index contributed by atoms with van der Waals surface area (Å²) in [6.07, 6.45) is 3.44. The molecule has 1 aromatic rings. The van der Waals surface area contributed by atoms with E-state index >= 15 is 0 Å². The van der Waals surface area contributed by atoms with Crippen LogP contribution in [0.4, 0.5) is 5.69 Å². The van der Waals surface area contributed by atoms with Crippen LogP contribution in [-0.2, 0) is 9.59 Å². The molecular weight excluding hydrogens is 274 g/mol. The van der Waals surface area contributed by atoms with Gasteiger partial charge in [-0.2, -0.15) is 0 Å². The van der Waals surface area contributed by atoms with E-state index in [0.717, 1.165) is 5.56 Å². The third kappa shape index (κ3) is 1.97. The molecule has 0 N–H and O–H groups in total. The zero-order valence-electron chi connectivity index (χ0n) is 11.5. The van der Waals surface area contributed by atoms with Gasteiger partial charge >= 0.3 is 0 Å². The lowest BCUT2D eigenvalue weighted by Crippen LogP contribution is -2.31. The Balaban J connectivity index is 2.00. The molecule has 1 aliphatic carbocycles. The fourth-order valence-electron chi connectivity index (χ4n) is 3.14. The Kier molecular flexibility index (Phi) is 3.17. The molecule has 20 heavy (non-hydrogen) atoms. The lowest BCUT2D eigenvalue weighted by molar-refractivity contribution is -0.122. The summed E-state index contributed by atoms with van der Waals surface area (Å²) < 4.78 is 0. The summed E-state index contributed by atoms with van der Waals surface area (Å²) in [5.41, 5.74) is 2.71. The van der Waals surface area contributed by atoms with E-state index in [1.807, 2.05) is 13.8 Å². The van der Waals surface area contributed by atoms with Crippen molar-refractivity contribution in [3.8, 4) is 0 Å². The standard InChI is InChI=1S/C16H16ClNO2/c1-9-3-5-12-13(7-9)16(20)18(15(12)19)14-6-4-11(17)8-10(14)2/h3-4,6,8,12-13H,5,7H2,1-2H3. The Bertz CT molecular complexity index is 635. The molecular formula is C16H16ClNO2. The number of hydrogen-bond acceptors (Lipinski definition) is 2. The van der Waals surface area contributed by atoms with Crippen LogP contribution < -0.4 is 4.90 Å². The summed E-state index contributed by atoms with van der Waals surface area (Å²) >= 11 is 5.94. The van der Waals surface area contributed by atoms with Crippen LogP contribution in [0.15, 0.2) is 29.8 Å². The molecule has 104 valence electrons. The first-order valence-corrected chi connectivity index (χ1v) is 7.16. The predicted octanol–water partition coefficient (Wildman–Crippen LogP) is 3.49. The number of aryl methyl sites for hydroxylation is 1. The number of allylic oxidation sites excluding steroid dienone is 2. The molecule has 1 aromatic carbocycles. The Labute approximate surface area is 123 Å². The quantitative estimate of drug-likeness (QED) is 0.586. The Morgan fingerprint density at radius 3 is 2.55 bits per heavy atom. The van der Waals surface area contributed by atoms with Gasteiger partial charge in [0, 0.05) is 5.02 Å². The van der Waals surface area contributed by atoms with Crippen molar-refractivity contribution in [2.24, 2.45) is 11.8 Å². The van der Waals surface area contributed by atoms with Crippen LogP contribution in [0.1, 0.15) is 25.3 Å². The topological polar surface area (TPSA) is 37.4 Å². The van der Waals surface area contributed by atoms with Gasteiger partial charge in [-0.15, -0.1) is 0 Å². The molecule has 2 amide bonds. The first-order chi connectivity index (χ1) is 9.49. The molecule has 1 saturated heterocycles. The number of carbonyl (C=O) groups excluding carboxylic acids is 2. The van der Waals surface area contributed by atoms with Gasteiger partial charge in [0.1, 0.15) is 0 Å². The highest BCUT2D eigenvalue weighted by atomic mass is 35.5. The normalized spacial score (nSPS) is 25.8. The van der Waals surface area contributed by atoms with Gasteiger partial charge in [0.05, 0.1) is 17.5 Å². The summed E-state index contributed by atoms with van der Waals surface area (Å²) in [7, 11) is 0. The van der Waals surface area contributed by atoms with Crippen LogP contribution >= 0.6 is 11.6 Å². The summed E-state index contributed by atoms with van der Waals surface area (Å²) in [5, 5.41) is 0.611. The fraction of sp³-hybridized carbons (Fsp3) is 0.375. The lowest BCUT2D eigenvalue weighted by Gasteiger charge is -2.19. The second kappa shape index (κ2) is 4.74. The minimum Gasteiger partial charge on any atom is -0.274 e. The molecule has 3 rings (SSSR count). The molecule has 0 bridgehead atoms. The largest absolute Gasteiger partial charge is 0.274 e. The average molecular weight is 290 g/mol. The number of amides is 2. The first-order valence-electron chi connectivity index (χ1n) is 6.78. The fourth-order valence-corrected chi connectivity index (χ4v) is 3.37. The van der Waals surface area contributed by atoms with Gasteiger partial charge in [-0.3, -0.25) is 9.59 Å². The van der Waals surface area contributed by atoms with Gasteiger partial charge in [0.25, 0.3) is 0 Å². The minimum absolute atomic E-state index is 0.0714. The zero-order valence-corrected chi connectivity index (χ0v) is 12.3. The summed E-state index contributed by atoms with van der Waals surface area (Å²) in [5.74, 6) is -0.532. The molecule has 2 atom stereocenters. The van der Waals surface area contributed by atoms with E-state index in [1.165, 1.54) is 10.5 Å². The highest BCUT2D eigenvalue weighted by molar-refractivity contribution is 6.31. The van der Waals surface area contributed by atoms with Crippen molar-refractivity contribution in [3.05, 3.63) is 40.4 Å². The molecule has 2 aliphatic rings. The van der Waals surface area contributed by atoms with Crippen molar-refractivity contribution in [1.82, 2.24) is 0 Å². The van der Waals surface area contributed by atoms with Crippen LogP contribution in [-0.4, -0.2) is 11.8 Å². The number of fused-ring (bicyclic) bond motifs is 1. The molecule has 1 heterocycles. The first kappa shape index (κ1) is 13.4. The van der Waals surface area contributed by atoms with Gasteiger partial charge in [0.2, 0.25) is 11.8 Å². The van der Waals surface area contributed by atoms with Crippen LogP contribution in [0, 0.1) is 18.8 Å². The summed E-state index contributed by atoms with van der Waals surface area (Å²) in [4.78, 5) is 26.5. The van der Waals surface area contributed by atoms with Crippen molar-refractivity contribution < 1.29 is 9.59 Å². The number of imide groups is 1. The van der Waals surface area contributed by atoms with Crippen LogP contribution in [0.5, 0.6) is 0 Å². The Morgan fingerprint density at radius 2 is 1.85 bits per heavy atom. The van der Waals surface area contributed by atoms with Crippen LogP contribution in [0.25, 0.3) is 0 Å². The van der Waals surface area contributed by atoms with E-state index in [1.54, 1.807) is 18.2 Å². The Morgan fingerprint density at radius 1 is 1.15 bits per heavy atom. The summed E-state index contributed by atoms with van der Waals surface area (Å²) in [6, 6.07) is 5.25. The molecule has 0 radical (unpaired) electrons. The maximum absolute atomic E-state index is 12.6. The third-order valence-electron chi connectivity index (χ3n) is 4.22. The second-order valence-corrected chi connectivity index (χ2v) is 6.08. The highest BCUT2D eigenvalue weighted by Gasteiger charge is 2.48. The SMILES string of the molecule is CC1=CCC2C(=O)N(c3ccc(Cl)cc3C)C(=O)C2C1. The third-order valence-corrected chi connectivity index (χ3v) is 4.46. The number of rotatable bonds is 1. The Hall–Kier alpha value is -1.61. The van der Waals surface area contributed by atoms with E-state index in [9.17, 15) is 9.59 Å². The molecule has 2 unspecified atom stereocenters. The lowest BCUT2D eigenvalue weighted by atomic mass is 9.82. The van der Waals surface area contributed by atoms with E-state index in [4.69, 9.17) is 11.6 Å². The van der Waals surface area contributed by atoms with Crippen molar-refractivity contribution in [2.75, 3.05) is 4.90 Å². The van der Waals surface area contributed by atoms with Gasteiger partial charge < -0.3 is 0 Å². The van der Waals surface area contributed by atoms with Crippen LogP contribution in [0.3, 0.4) is 0 Å². The highest BCUT2D eigenvalue weighted by Crippen LogP contribution is 2.40. The van der Waals surface area contributed by atoms with E-state index in [2.05, 4.69) is 6.08 Å². The van der Waals surface area contributed by atoms with Gasteiger partial charge in [-0.25, -0.2) is 4.90 Å². The molecule has 0 aromatic heterocycles. The number of carbonyl (C=O) groups is 2. The molecule has 0 saturated carbocycles. The van der Waals surface area contributed by atoms with Crippen molar-refractivity contribution in [3.63, 3.8) is 0 Å². The number of nitrogens with zero attached hydrogens (tertiary/aromatic N) is 1. The van der Waals surface area contributed by atoms with E-state index in [-0.39, 0.29) is 23.7 Å². The van der Waals surface area contributed by atoms with Crippen molar-refractivity contribution >= 4 is 29.1 Å². The maximum atomic E-state index is 12.6. The zero-order chi connectivity index (χ0) is 14.4. The molecule has 0 spiro atoms. The smallest absolute Gasteiger partial charge is 0.238 e. The van der Waals surface area contributed by atoms with Gasteiger partial charge in [0.15, 0.2) is 0 Å². The predicted molar refractivity (Wildman–Crippen MR) is 78.7 cm³/mol. The molecule has 3 nitrogen and oxygen atoms in total. The van der Waals surface area contributed by atoms with Crippen molar-refractivity contribution in [1.29, 1.82) is 0 Å². The monoisotopic (exact) mass is 289 g/mol. The number of anilines is 1. The van der Waals surface area contributed by atoms with E-state index < -0.39 is 0 Å². The van der Waals surface area contributed by atoms with Crippen LogP contribution in [0.2, 0.25) is 5.02 Å². The molecule has 4 heteroatoms.